The number of ether oxygens (including phenoxy) is 1. The number of rotatable bonds is 5. The monoisotopic (exact) mass is 336 g/mol. The molecule has 0 aliphatic carbocycles. The first kappa shape index (κ1) is 15.7. The number of hydrogen-bond donors (Lipinski definition) is 0. The second-order valence-electron chi connectivity index (χ2n) is 4.17. The van der Waals surface area contributed by atoms with E-state index in [1.807, 2.05) is 0 Å². The number of aromatic nitrogens is 2. The van der Waals surface area contributed by atoms with Crippen molar-refractivity contribution in [2.45, 2.75) is 11.3 Å². The Kier molecular flexibility index (Phi) is 4.48. The molecule has 0 saturated heterocycles. The van der Waals surface area contributed by atoms with Gasteiger partial charge in [0.15, 0.2) is 11.6 Å². The van der Waals surface area contributed by atoms with Crippen molar-refractivity contribution in [2.24, 2.45) is 7.05 Å². The molecule has 1 heterocycles. The summed E-state index contributed by atoms with van der Waals surface area (Å²) in [4.78, 5) is -0.916. The van der Waals surface area contributed by atoms with Crippen LogP contribution < -0.4 is 4.74 Å². The molecule has 5 nitrogen and oxygen atoms in total. The summed E-state index contributed by atoms with van der Waals surface area (Å²) >= 11 is 0. The third-order valence-electron chi connectivity index (χ3n) is 2.81. The van der Waals surface area contributed by atoms with Gasteiger partial charge in [-0.1, -0.05) is 0 Å². The van der Waals surface area contributed by atoms with Crippen molar-refractivity contribution in [3.8, 4) is 5.75 Å². The van der Waals surface area contributed by atoms with Crippen molar-refractivity contribution in [1.82, 2.24) is 9.78 Å². The topological polar surface area (TPSA) is 61.2 Å². The van der Waals surface area contributed by atoms with Crippen LogP contribution in [0.4, 0.5) is 8.78 Å². The number of nitrogens with zero attached hydrogens (tertiary/aromatic N) is 2. The first-order valence-corrected chi connectivity index (χ1v) is 8.14. The highest BCUT2D eigenvalue weighted by molar-refractivity contribution is 8.13. The maximum atomic E-state index is 13.7. The van der Waals surface area contributed by atoms with Crippen LogP contribution in [0.5, 0.6) is 5.75 Å². The molecular formula is C12H11ClF2N2O3S. The summed E-state index contributed by atoms with van der Waals surface area (Å²) in [6.07, 6.45) is 2.04. The van der Waals surface area contributed by atoms with E-state index in [0.717, 1.165) is 17.8 Å². The normalized spacial score (nSPS) is 11.6. The first-order valence-electron chi connectivity index (χ1n) is 5.83. The zero-order valence-corrected chi connectivity index (χ0v) is 12.5. The van der Waals surface area contributed by atoms with Crippen LogP contribution >= 0.6 is 10.7 Å². The minimum atomic E-state index is -4.34. The molecule has 114 valence electrons. The van der Waals surface area contributed by atoms with Crippen LogP contribution in [0, 0.1) is 11.6 Å². The van der Waals surface area contributed by atoms with Crippen molar-refractivity contribution in [3.63, 3.8) is 0 Å². The van der Waals surface area contributed by atoms with Crippen LogP contribution in [-0.2, 0) is 22.5 Å². The molecule has 0 bridgehead atoms. The van der Waals surface area contributed by atoms with Crippen LogP contribution in [0.2, 0.25) is 0 Å². The molecule has 0 aliphatic rings. The molecule has 0 radical (unpaired) electrons. The van der Waals surface area contributed by atoms with Gasteiger partial charge >= 0.3 is 0 Å². The molecule has 0 atom stereocenters. The van der Waals surface area contributed by atoms with E-state index in [0.29, 0.717) is 6.42 Å². The van der Waals surface area contributed by atoms with Crippen molar-refractivity contribution in [1.29, 1.82) is 0 Å². The second-order valence-corrected chi connectivity index (χ2v) is 6.71. The molecule has 2 rings (SSSR count). The Labute approximate surface area is 124 Å². The lowest BCUT2D eigenvalue weighted by Crippen LogP contribution is -2.08. The summed E-state index contributed by atoms with van der Waals surface area (Å²) in [7, 11) is 2.39. The minimum absolute atomic E-state index is 0.0862. The van der Waals surface area contributed by atoms with Gasteiger partial charge in [0.2, 0.25) is 5.82 Å². The molecule has 9 heteroatoms. The zero-order valence-electron chi connectivity index (χ0n) is 10.9. The third kappa shape index (κ3) is 3.51. The van der Waals surface area contributed by atoms with E-state index >= 15 is 0 Å². The van der Waals surface area contributed by atoms with Crippen molar-refractivity contribution in [3.05, 3.63) is 41.7 Å². The molecule has 2 aromatic rings. The quantitative estimate of drug-likeness (QED) is 0.786. The van der Waals surface area contributed by atoms with Crippen LogP contribution in [0.25, 0.3) is 0 Å². The van der Waals surface area contributed by atoms with E-state index < -0.39 is 25.6 Å². The van der Waals surface area contributed by atoms with E-state index in [2.05, 4.69) is 5.10 Å². The highest BCUT2D eigenvalue weighted by Crippen LogP contribution is 2.27. The predicted molar refractivity (Wildman–Crippen MR) is 71.8 cm³/mol. The summed E-state index contributed by atoms with van der Waals surface area (Å²) in [5, 5.41) is 3.96. The predicted octanol–water partition coefficient (Wildman–Crippen LogP) is 2.25. The highest BCUT2D eigenvalue weighted by atomic mass is 35.7. The number of aryl methyl sites for hydroxylation is 1. The van der Waals surface area contributed by atoms with E-state index in [4.69, 9.17) is 15.4 Å². The van der Waals surface area contributed by atoms with Gasteiger partial charge in [-0.2, -0.15) is 9.49 Å². The molecule has 1 aromatic heterocycles. The van der Waals surface area contributed by atoms with E-state index in [-0.39, 0.29) is 12.4 Å². The summed E-state index contributed by atoms with van der Waals surface area (Å²) in [6, 6.07) is 3.65. The SMILES string of the molecule is Cn1nccc1CCOc1ccc(S(=O)(=O)Cl)c(F)c1F. The Hall–Kier alpha value is -1.67. The molecule has 21 heavy (non-hydrogen) atoms. The van der Waals surface area contributed by atoms with Gasteiger partial charge < -0.3 is 4.74 Å². The maximum absolute atomic E-state index is 13.7. The van der Waals surface area contributed by atoms with Gasteiger partial charge in [0.05, 0.1) is 6.61 Å². The van der Waals surface area contributed by atoms with Gasteiger partial charge in [0.25, 0.3) is 9.05 Å². The first-order chi connectivity index (χ1) is 9.80. The van der Waals surface area contributed by atoms with Crippen LogP contribution in [0.1, 0.15) is 5.69 Å². The van der Waals surface area contributed by atoms with Crippen molar-refractivity contribution < 1.29 is 21.9 Å². The molecule has 1 aromatic carbocycles. The van der Waals surface area contributed by atoms with Crippen LogP contribution in [0.15, 0.2) is 29.3 Å². The van der Waals surface area contributed by atoms with Gasteiger partial charge in [0, 0.05) is 36.0 Å². The summed E-state index contributed by atoms with van der Waals surface area (Å²) < 4.78 is 56.1. The largest absolute Gasteiger partial charge is 0.490 e. The van der Waals surface area contributed by atoms with Gasteiger partial charge in [-0.15, -0.1) is 0 Å². The fraction of sp³-hybridized carbons (Fsp3) is 0.250. The number of hydrogen-bond acceptors (Lipinski definition) is 4. The average Bonchev–Trinajstić information content (AvgIpc) is 2.79. The molecule has 0 saturated carbocycles. The van der Waals surface area contributed by atoms with Gasteiger partial charge in [-0.25, -0.2) is 12.8 Å². The summed E-state index contributed by atoms with van der Waals surface area (Å²) in [5.41, 5.74) is 0.857. The second kappa shape index (κ2) is 5.98. The summed E-state index contributed by atoms with van der Waals surface area (Å²) in [5.74, 6) is -3.32. The lowest BCUT2D eigenvalue weighted by atomic mass is 10.3. The Morgan fingerprint density at radius 1 is 1.29 bits per heavy atom. The Morgan fingerprint density at radius 3 is 2.57 bits per heavy atom. The Bertz CT molecular complexity index is 762. The molecule has 0 aliphatic heterocycles. The zero-order chi connectivity index (χ0) is 15.6. The molecular weight excluding hydrogens is 326 g/mol. The molecule has 0 unspecified atom stereocenters. The standard InChI is InChI=1S/C12H11ClF2N2O3S/c1-17-8(4-6-16-17)5-7-20-9-2-3-10(21(13,18)19)12(15)11(9)14/h2-4,6H,5,7H2,1H3. The van der Waals surface area contributed by atoms with Crippen molar-refractivity contribution >= 4 is 19.7 Å². The Balaban J connectivity index is 2.12. The molecule has 0 spiro atoms. The fourth-order valence-corrected chi connectivity index (χ4v) is 2.62. The van der Waals surface area contributed by atoms with E-state index in [1.54, 1.807) is 24.0 Å². The molecule has 0 N–H and O–H groups in total. The maximum Gasteiger partial charge on any atom is 0.264 e. The van der Waals surface area contributed by atoms with Gasteiger partial charge in [-0.05, 0) is 18.2 Å². The Morgan fingerprint density at radius 2 is 2.00 bits per heavy atom. The molecule has 0 fully saturated rings. The summed E-state index contributed by atoms with van der Waals surface area (Å²) in [6.45, 7) is 0.0862. The number of benzene rings is 1. The number of halogens is 3. The van der Waals surface area contributed by atoms with Crippen LogP contribution in [-0.4, -0.2) is 24.8 Å². The highest BCUT2D eigenvalue weighted by Gasteiger charge is 2.22. The van der Waals surface area contributed by atoms with Gasteiger partial charge in [0.1, 0.15) is 4.90 Å². The molecule has 0 amide bonds. The van der Waals surface area contributed by atoms with Crippen LogP contribution in [0.3, 0.4) is 0 Å². The third-order valence-corrected chi connectivity index (χ3v) is 4.15. The minimum Gasteiger partial charge on any atom is -0.490 e. The van der Waals surface area contributed by atoms with E-state index in [9.17, 15) is 17.2 Å². The fourth-order valence-electron chi connectivity index (χ4n) is 1.73. The lowest BCUT2D eigenvalue weighted by molar-refractivity contribution is 0.294. The van der Waals surface area contributed by atoms with E-state index in [1.165, 1.54) is 0 Å². The smallest absolute Gasteiger partial charge is 0.264 e. The van der Waals surface area contributed by atoms with Gasteiger partial charge in [-0.3, -0.25) is 4.68 Å². The average molecular weight is 337 g/mol. The lowest BCUT2D eigenvalue weighted by Gasteiger charge is -2.09. The van der Waals surface area contributed by atoms with Crippen molar-refractivity contribution in [2.75, 3.05) is 6.61 Å².